The number of nitrogens with one attached hydrogen (secondary N) is 1. The molecular weight excluding hydrogens is 236 g/mol. The minimum Gasteiger partial charge on any atom is -0.398 e. The average molecular weight is 256 g/mol. The Bertz CT molecular complexity index is 505. The van der Waals surface area contributed by atoms with Gasteiger partial charge in [0.2, 0.25) is 0 Å². The van der Waals surface area contributed by atoms with Gasteiger partial charge in [-0.05, 0) is 50.4 Å². The fraction of sp³-hybridized carbons (Fsp3) is 0.533. The molecule has 2 aliphatic heterocycles. The number of nitrogens with two attached hydrogens (primary N) is 1. The van der Waals surface area contributed by atoms with Crippen molar-refractivity contribution in [2.75, 3.05) is 24.1 Å². The molecule has 2 unspecified atom stereocenters. The first-order valence-electron chi connectivity index (χ1n) is 7.06. The van der Waals surface area contributed by atoms with Gasteiger partial charge in [-0.15, -0.1) is 0 Å². The highest BCUT2D eigenvalue weighted by Gasteiger charge is 2.31. The Morgan fingerprint density at radius 1 is 1.32 bits per heavy atom. The first-order chi connectivity index (χ1) is 9.26. The summed E-state index contributed by atoms with van der Waals surface area (Å²) in [5.74, 6) is 0. The van der Waals surface area contributed by atoms with Gasteiger partial charge in [0, 0.05) is 24.3 Å². The van der Waals surface area contributed by atoms with E-state index in [9.17, 15) is 0 Å². The molecule has 19 heavy (non-hydrogen) atoms. The van der Waals surface area contributed by atoms with E-state index in [-0.39, 0.29) is 0 Å². The van der Waals surface area contributed by atoms with Crippen LogP contribution in [-0.4, -0.2) is 30.1 Å². The maximum atomic E-state index is 8.88. The Kier molecular flexibility index (Phi) is 3.31. The Hall–Kier alpha value is -1.73. The number of anilines is 2. The molecule has 2 atom stereocenters. The van der Waals surface area contributed by atoms with Gasteiger partial charge in [0.15, 0.2) is 0 Å². The maximum absolute atomic E-state index is 8.88. The molecule has 0 aromatic heterocycles. The van der Waals surface area contributed by atoms with Crippen molar-refractivity contribution in [2.45, 2.75) is 37.8 Å². The first-order valence-corrected chi connectivity index (χ1v) is 7.06. The van der Waals surface area contributed by atoms with Gasteiger partial charge in [0.25, 0.3) is 0 Å². The van der Waals surface area contributed by atoms with Crippen molar-refractivity contribution < 1.29 is 0 Å². The Balaban J connectivity index is 1.65. The number of nitrogens with zero attached hydrogens (tertiary/aromatic N) is 2. The molecule has 0 bridgehead atoms. The van der Waals surface area contributed by atoms with Crippen LogP contribution in [0.25, 0.3) is 0 Å². The van der Waals surface area contributed by atoms with E-state index < -0.39 is 0 Å². The summed E-state index contributed by atoms with van der Waals surface area (Å²) < 4.78 is 0. The van der Waals surface area contributed by atoms with E-state index in [4.69, 9.17) is 11.0 Å². The summed E-state index contributed by atoms with van der Waals surface area (Å²) in [6, 6.07) is 9.02. The van der Waals surface area contributed by atoms with Gasteiger partial charge in [-0.1, -0.05) is 0 Å². The standard InChI is InChI=1S/C15H20N4/c16-10-11-3-4-12(9-15(11)17)18-13-5-7-19-6-1-2-14(19)8-13/h3-4,9,13-14,18H,1-2,5-8,17H2. The average Bonchev–Trinajstić information content (AvgIpc) is 2.86. The molecule has 100 valence electrons. The molecule has 1 aromatic rings. The number of benzene rings is 1. The van der Waals surface area contributed by atoms with E-state index in [1.54, 1.807) is 6.07 Å². The molecule has 0 aliphatic carbocycles. The van der Waals surface area contributed by atoms with E-state index >= 15 is 0 Å². The lowest BCUT2D eigenvalue weighted by Gasteiger charge is -2.35. The lowest BCUT2D eigenvalue weighted by atomic mass is 9.97. The molecule has 0 amide bonds. The molecule has 4 nitrogen and oxygen atoms in total. The van der Waals surface area contributed by atoms with E-state index in [2.05, 4.69) is 16.3 Å². The first kappa shape index (κ1) is 12.3. The summed E-state index contributed by atoms with van der Waals surface area (Å²) in [6.07, 6.45) is 5.10. The molecule has 4 heteroatoms. The van der Waals surface area contributed by atoms with Gasteiger partial charge in [-0.25, -0.2) is 0 Å². The van der Waals surface area contributed by atoms with Crippen molar-refractivity contribution in [3.8, 4) is 6.07 Å². The largest absolute Gasteiger partial charge is 0.398 e. The van der Waals surface area contributed by atoms with Crippen molar-refractivity contribution >= 4 is 11.4 Å². The van der Waals surface area contributed by atoms with Crippen molar-refractivity contribution in [1.29, 1.82) is 5.26 Å². The Labute approximate surface area is 114 Å². The van der Waals surface area contributed by atoms with Crippen LogP contribution in [0.4, 0.5) is 11.4 Å². The van der Waals surface area contributed by atoms with Gasteiger partial charge < -0.3 is 16.0 Å². The van der Waals surface area contributed by atoms with E-state index in [1.165, 1.54) is 38.8 Å². The maximum Gasteiger partial charge on any atom is 0.101 e. The lowest BCUT2D eigenvalue weighted by Crippen LogP contribution is -2.42. The Morgan fingerprint density at radius 2 is 2.21 bits per heavy atom. The van der Waals surface area contributed by atoms with Crippen molar-refractivity contribution in [2.24, 2.45) is 0 Å². The van der Waals surface area contributed by atoms with Crippen LogP contribution in [0, 0.1) is 11.3 Å². The van der Waals surface area contributed by atoms with Crippen LogP contribution in [-0.2, 0) is 0 Å². The number of nitrogen functional groups attached to an aromatic ring is 1. The zero-order valence-corrected chi connectivity index (χ0v) is 11.1. The van der Waals surface area contributed by atoms with Gasteiger partial charge in [-0.3, -0.25) is 0 Å². The molecule has 3 N–H and O–H groups in total. The van der Waals surface area contributed by atoms with Crippen molar-refractivity contribution in [3.05, 3.63) is 23.8 Å². The third-order valence-corrected chi connectivity index (χ3v) is 4.36. The second-order valence-corrected chi connectivity index (χ2v) is 5.61. The molecule has 2 heterocycles. The van der Waals surface area contributed by atoms with Gasteiger partial charge in [0.1, 0.15) is 6.07 Å². The molecular formula is C15H20N4. The summed E-state index contributed by atoms with van der Waals surface area (Å²) in [4.78, 5) is 2.62. The lowest BCUT2D eigenvalue weighted by molar-refractivity contribution is 0.188. The normalized spacial score (nSPS) is 26.7. The second kappa shape index (κ2) is 5.10. The van der Waals surface area contributed by atoms with Crippen LogP contribution in [0.1, 0.15) is 31.2 Å². The quantitative estimate of drug-likeness (QED) is 0.796. The number of hydrogen-bond acceptors (Lipinski definition) is 4. The topological polar surface area (TPSA) is 65.1 Å². The van der Waals surface area contributed by atoms with Crippen LogP contribution in [0.2, 0.25) is 0 Å². The van der Waals surface area contributed by atoms with E-state index in [1.807, 2.05) is 12.1 Å². The summed E-state index contributed by atoms with van der Waals surface area (Å²) in [6.45, 7) is 2.48. The van der Waals surface area contributed by atoms with Crippen molar-refractivity contribution in [3.63, 3.8) is 0 Å². The molecule has 0 saturated carbocycles. The molecule has 0 radical (unpaired) electrons. The smallest absolute Gasteiger partial charge is 0.101 e. The monoisotopic (exact) mass is 256 g/mol. The molecule has 3 rings (SSSR count). The number of fused-ring (bicyclic) bond motifs is 1. The zero-order chi connectivity index (χ0) is 13.2. The SMILES string of the molecule is N#Cc1ccc(NC2CCN3CCCC3C2)cc1N. The minimum absolute atomic E-state index is 0.534. The van der Waals surface area contributed by atoms with Crippen LogP contribution in [0.5, 0.6) is 0 Å². The van der Waals surface area contributed by atoms with Crippen LogP contribution in [0.15, 0.2) is 18.2 Å². The van der Waals surface area contributed by atoms with E-state index in [0.717, 1.165) is 11.7 Å². The number of piperidine rings is 1. The number of hydrogen-bond donors (Lipinski definition) is 2. The highest BCUT2D eigenvalue weighted by atomic mass is 15.2. The summed E-state index contributed by atoms with van der Waals surface area (Å²) in [7, 11) is 0. The molecule has 1 aromatic carbocycles. The molecule has 2 aliphatic rings. The van der Waals surface area contributed by atoms with Crippen molar-refractivity contribution in [1.82, 2.24) is 4.90 Å². The molecule has 2 saturated heterocycles. The predicted octanol–water partition coefficient (Wildman–Crippen LogP) is 2.18. The summed E-state index contributed by atoms with van der Waals surface area (Å²) in [5.41, 5.74) is 8.00. The fourth-order valence-electron chi connectivity index (χ4n) is 3.35. The molecule has 0 spiro atoms. The third-order valence-electron chi connectivity index (χ3n) is 4.36. The van der Waals surface area contributed by atoms with Gasteiger partial charge in [0.05, 0.1) is 11.3 Å². The van der Waals surface area contributed by atoms with E-state index in [0.29, 0.717) is 17.3 Å². The Morgan fingerprint density at radius 3 is 3.00 bits per heavy atom. The predicted molar refractivity (Wildman–Crippen MR) is 76.8 cm³/mol. The van der Waals surface area contributed by atoms with Crippen LogP contribution < -0.4 is 11.1 Å². The number of rotatable bonds is 2. The number of nitriles is 1. The fourth-order valence-corrected chi connectivity index (χ4v) is 3.35. The molecule has 2 fully saturated rings. The highest BCUT2D eigenvalue weighted by Crippen LogP contribution is 2.29. The third kappa shape index (κ3) is 2.52. The minimum atomic E-state index is 0.534. The zero-order valence-electron chi connectivity index (χ0n) is 11.1. The van der Waals surface area contributed by atoms with Gasteiger partial charge in [-0.2, -0.15) is 5.26 Å². The van der Waals surface area contributed by atoms with Gasteiger partial charge >= 0.3 is 0 Å². The van der Waals surface area contributed by atoms with Crippen LogP contribution >= 0.6 is 0 Å². The van der Waals surface area contributed by atoms with Crippen LogP contribution in [0.3, 0.4) is 0 Å². The summed E-state index contributed by atoms with van der Waals surface area (Å²) >= 11 is 0. The summed E-state index contributed by atoms with van der Waals surface area (Å²) in [5, 5.41) is 12.4. The second-order valence-electron chi connectivity index (χ2n) is 5.61. The highest BCUT2D eigenvalue weighted by molar-refractivity contribution is 5.62.